The summed E-state index contributed by atoms with van der Waals surface area (Å²) < 4.78 is 3.25. The van der Waals surface area contributed by atoms with E-state index in [1.54, 1.807) is 0 Å². The van der Waals surface area contributed by atoms with Gasteiger partial charge in [-0.15, -0.1) is 0 Å². The third kappa shape index (κ3) is 1.62. The summed E-state index contributed by atoms with van der Waals surface area (Å²) in [6.45, 7) is 0.688. The Labute approximate surface area is 109 Å². The van der Waals surface area contributed by atoms with Gasteiger partial charge in [-0.05, 0) is 40.9 Å². The Kier molecular flexibility index (Phi) is 2.71. The van der Waals surface area contributed by atoms with Gasteiger partial charge in [0, 0.05) is 12.0 Å². The number of pyridine rings is 1. The highest BCUT2D eigenvalue weighted by molar-refractivity contribution is 9.10. The Morgan fingerprint density at radius 2 is 2.12 bits per heavy atom. The lowest BCUT2D eigenvalue weighted by molar-refractivity contribution is 0.422. The molecule has 0 saturated heterocycles. The van der Waals surface area contributed by atoms with Crippen molar-refractivity contribution < 1.29 is 0 Å². The molecule has 0 spiro atoms. The average molecular weight is 294 g/mol. The molecule has 1 aliphatic carbocycles. The van der Waals surface area contributed by atoms with Crippen molar-refractivity contribution in [2.75, 3.05) is 6.54 Å². The Bertz CT molecular complexity index is 541. The van der Waals surface area contributed by atoms with Crippen LogP contribution in [0.5, 0.6) is 0 Å². The average Bonchev–Trinajstić information content (AvgIpc) is 2.96. The molecule has 2 aromatic heterocycles. The second kappa shape index (κ2) is 4.10. The zero-order valence-electron chi connectivity index (χ0n) is 9.69. The van der Waals surface area contributed by atoms with Gasteiger partial charge in [-0.1, -0.05) is 18.9 Å². The number of nitrogens with zero attached hydrogens (tertiary/aromatic N) is 2. The normalized spacial score (nSPS) is 18.9. The molecular weight excluding hydrogens is 278 g/mol. The molecule has 4 heteroatoms. The van der Waals surface area contributed by atoms with Crippen molar-refractivity contribution in [3.05, 3.63) is 34.8 Å². The van der Waals surface area contributed by atoms with Gasteiger partial charge in [-0.2, -0.15) is 0 Å². The zero-order chi connectivity index (χ0) is 11.9. The van der Waals surface area contributed by atoms with Gasteiger partial charge in [0.2, 0.25) is 0 Å². The first-order valence-corrected chi connectivity index (χ1v) is 6.89. The fraction of sp³-hybridized carbons (Fsp3) is 0.462. The van der Waals surface area contributed by atoms with E-state index < -0.39 is 0 Å². The van der Waals surface area contributed by atoms with E-state index in [2.05, 4.69) is 37.4 Å². The molecule has 90 valence electrons. The van der Waals surface area contributed by atoms with E-state index in [-0.39, 0.29) is 5.41 Å². The van der Waals surface area contributed by atoms with Crippen LogP contribution in [0.1, 0.15) is 31.5 Å². The number of nitrogens with two attached hydrogens (primary N) is 1. The molecule has 2 aromatic rings. The molecule has 0 radical (unpaired) electrons. The minimum atomic E-state index is 0.0797. The molecule has 3 rings (SSSR count). The number of rotatable bonds is 2. The summed E-state index contributed by atoms with van der Waals surface area (Å²) in [6, 6.07) is 6.17. The molecule has 3 nitrogen and oxygen atoms in total. The van der Waals surface area contributed by atoms with Crippen LogP contribution >= 0.6 is 15.9 Å². The summed E-state index contributed by atoms with van der Waals surface area (Å²) in [6.07, 6.45) is 6.77. The fourth-order valence-corrected chi connectivity index (χ4v) is 3.48. The van der Waals surface area contributed by atoms with Gasteiger partial charge in [-0.25, -0.2) is 4.98 Å². The smallest absolute Gasteiger partial charge is 0.121 e. The van der Waals surface area contributed by atoms with E-state index >= 15 is 0 Å². The summed E-state index contributed by atoms with van der Waals surface area (Å²) in [4.78, 5) is 4.63. The number of fused-ring (bicyclic) bond motifs is 1. The van der Waals surface area contributed by atoms with Crippen LogP contribution in [-0.4, -0.2) is 15.9 Å². The van der Waals surface area contributed by atoms with Crippen LogP contribution in [-0.2, 0) is 5.41 Å². The van der Waals surface area contributed by atoms with Crippen molar-refractivity contribution in [2.24, 2.45) is 5.73 Å². The van der Waals surface area contributed by atoms with Crippen LogP contribution < -0.4 is 5.73 Å². The molecular formula is C13H16BrN3. The van der Waals surface area contributed by atoms with Crippen molar-refractivity contribution >= 4 is 21.4 Å². The van der Waals surface area contributed by atoms with Gasteiger partial charge in [0.1, 0.15) is 5.82 Å². The summed E-state index contributed by atoms with van der Waals surface area (Å²) in [7, 11) is 0. The third-order valence-electron chi connectivity index (χ3n) is 3.93. The number of hydrogen-bond donors (Lipinski definition) is 1. The van der Waals surface area contributed by atoms with E-state index in [1.165, 1.54) is 12.8 Å². The molecule has 1 fully saturated rings. The molecule has 0 bridgehead atoms. The number of imidazole rings is 1. The Morgan fingerprint density at radius 1 is 1.35 bits per heavy atom. The lowest BCUT2D eigenvalue weighted by Gasteiger charge is -2.26. The molecule has 0 unspecified atom stereocenters. The first-order chi connectivity index (χ1) is 8.27. The molecule has 1 saturated carbocycles. The van der Waals surface area contributed by atoms with Gasteiger partial charge in [0.05, 0.1) is 16.3 Å². The maximum Gasteiger partial charge on any atom is 0.121 e. The first-order valence-electron chi connectivity index (χ1n) is 6.09. The van der Waals surface area contributed by atoms with Gasteiger partial charge >= 0.3 is 0 Å². The van der Waals surface area contributed by atoms with Crippen molar-refractivity contribution in [2.45, 2.75) is 31.1 Å². The maximum absolute atomic E-state index is 6.03. The van der Waals surface area contributed by atoms with Gasteiger partial charge in [-0.3, -0.25) is 4.40 Å². The van der Waals surface area contributed by atoms with Gasteiger partial charge in [0.15, 0.2) is 0 Å². The van der Waals surface area contributed by atoms with E-state index in [4.69, 9.17) is 5.73 Å². The highest BCUT2D eigenvalue weighted by Crippen LogP contribution is 2.40. The number of aromatic nitrogens is 2. The Hall–Kier alpha value is -0.870. The van der Waals surface area contributed by atoms with E-state index in [9.17, 15) is 0 Å². The Balaban J connectivity index is 2.23. The van der Waals surface area contributed by atoms with Crippen molar-refractivity contribution in [3.63, 3.8) is 0 Å². The highest BCUT2D eigenvalue weighted by atomic mass is 79.9. The predicted molar refractivity (Wildman–Crippen MR) is 72.1 cm³/mol. The minimum Gasteiger partial charge on any atom is -0.329 e. The second-order valence-corrected chi connectivity index (χ2v) is 5.69. The SMILES string of the molecule is NCC1(c2ncc3cccc(Br)n23)CCCC1. The predicted octanol–water partition coefficient (Wildman–Crippen LogP) is 2.87. The quantitative estimate of drug-likeness (QED) is 0.865. The molecule has 17 heavy (non-hydrogen) atoms. The molecule has 0 amide bonds. The largest absolute Gasteiger partial charge is 0.329 e. The highest BCUT2D eigenvalue weighted by Gasteiger charge is 2.38. The molecule has 0 aromatic carbocycles. The monoisotopic (exact) mass is 293 g/mol. The first kappa shape index (κ1) is 11.2. The molecule has 2 heterocycles. The number of hydrogen-bond acceptors (Lipinski definition) is 2. The summed E-state index contributed by atoms with van der Waals surface area (Å²) in [5, 5.41) is 0. The summed E-state index contributed by atoms with van der Waals surface area (Å²) in [5.41, 5.74) is 7.25. The molecule has 2 N–H and O–H groups in total. The summed E-state index contributed by atoms with van der Waals surface area (Å²) in [5.74, 6) is 1.12. The van der Waals surface area contributed by atoms with Gasteiger partial charge < -0.3 is 5.73 Å². The van der Waals surface area contributed by atoms with E-state index in [0.29, 0.717) is 6.54 Å². The molecule has 0 atom stereocenters. The third-order valence-corrected chi connectivity index (χ3v) is 4.55. The van der Waals surface area contributed by atoms with E-state index in [0.717, 1.165) is 28.8 Å². The topological polar surface area (TPSA) is 43.3 Å². The van der Waals surface area contributed by atoms with Crippen molar-refractivity contribution in [3.8, 4) is 0 Å². The fourth-order valence-electron chi connectivity index (χ4n) is 2.95. The van der Waals surface area contributed by atoms with Crippen LogP contribution in [0.4, 0.5) is 0 Å². The maximum atomic E-state index is 6.03. The number of halogens is 1. The van der Waals surface area contributed by atoms with Crippen LogP contribution in [0.3, 0.4) is 0 Å². The summed E-state index contributed by atoms with van der Waals surface area (Å²) >= 11 is 3.61. The lowest BCUT2D eigenvalue weighted by Crippen LogP contribution is -2.34. The Morgan fingerprint density at radius 3 is 2.82 bits per heavy atom. The second-order valence-electron chi connectivity index (χ2n) is 4.88. The van der Waals surface area contributed by atoms with Crippen molar-refractivity contribution in [1.29, 1.82) is 0 Å². The molecule has 1 aliphatic rings. The lowest BCUT2D eigenvalue weighted by atomic mass is 9.85. The van der Waals surface area contributed by atoms with Crippen molar-refractivity contribution in [1.82, 2.24) is 9.38 Å². The molecule has 0 aliphatic heterocycles. The van der Waals surface area contributed by atoms with Crippen LogP contribution in [0.25, 0.3) is 5.52 Å². The minimum absolute atomic E-state index is 0.0797. The van der Waals surface area contributed by atoms with Crippen LogP contribution in [0, 0.1) is 0 Å². The van der Waals surface area contributed by atoms with Crippen LogP contribution in [0.2, 0.25) is 0 Å². The van der Waals surface area contributed by atoms with Crippen LogP contribution in [0.15, 0.2) is 29.0 Å². The zero-order valence-corrected chi connectivity index (χ0v) is 11.3. The van der Waals surface area contributed by atoms with E-state index in [1.807, 2.05) is 12.3 Å². The standard InChI is InChI=1S/C13H16BrN3/c14-11-5-3-4-10-8-16-12(17(10)11)13(9-15)6-1-2-7-13/h3-5,8H,1-2,6-7,9,15H2. The van der Waals surface area contributed by atoms with Gasteiger partial charge in [0.25, 0.3) is 0 Å².